The molecule has 4 nitrogen and oxygen atoms in total. The van der Waals surface area contributed by atoms with Crippen LogP contribution in [-0.4, -0.2) is 25.0 Å². The Morgan fingerprint density at radius 2 is 2.16 bits per heavy atom. The fourth-order valence-corrected chi connectivity index (χ4v) is 1.88. The molecular formula is C15H17NO3. The Bertz CT molecular complexity index is 561. The average Bonchev–Trinajstić information content (AvgIpc) is 2.91. The van der Waals surface area contributed by atoms with Crippen molar-refractivity contribution in [1.29, 1.82) is 0 Å². The van der Waals surface area contributed by atoms with Crippen LogP contribution in [0, 0.1) is 6.92 Å². The van der Waals surface area contributed by atoms with E-state index < -0.39 is 0 Å². The smallest absolute Gasteiger partial charge is 0.254 e. The van der Waals surface area contributed by atoms with E-state index in [9.17, 15) is 4.79 Å². The summed E-state index contributed by atoms with van der Waals surface area (Å²) in [4.78, 5) is 13.9. The number of nitrogens with zero attached hydrogens (tertiary/aromatic N) is 1. The standard InChI is InChI=1S/C15H17NO3/c1-11-6-7-12(9-14(11)18-3)15(17)16(2)10-13-5-4-8-19-13/h4-9H,10H2,1-3H3. The molecule has 1 aromatic carbocycles. The first kappa shape index (κ1) is 13.2. The molecule has 0 radical (unpaired) electrons. The minimum Gasteiger partial charge on any atom is -0.496 e. The lowest BCUT2D eigenvalue weighted by molar-refractivity contribution is 0.0775. The van der Waals surface area contributed by atoms with Crippen LogP contribution in [0.1, 0.15) is 21.7 Å². The Kier molecular flexibility index (Phi) is 3.90. The van der Waals surface area contributed by atoms with E-state index in [1.165, 1.54) is 0 Å². The molecule has 0 unspecified atom stereocenters. The molecule has 2 rings (SSSR count). The van der Waals surface area contributed by atoms with Crippen molar-refractivity contribution in [2.45, 2.75) is 13.5 Å². The molecule has 1 aromatic heterocycles. The second-order valence-electron chi connectivity index (χ2n) is 4.42. The van der Waals surface area contributed by atoms with Gasteiger partial charge in [-0.15, -0.1) is 0 Å². The number of carbonyl (C=O) groups is 1. The maximum atomic E-state index is 12.3. The van der Waals surface area contributed by atoms with Crippen LogP contribution < -0.4 is 4.74 Å². The normalized spacial score (nSPS) is 10.3. The highest BCUT2D eigenvalue weighted by molar-refractivity contribution is 5.94. The van der Waals surface area contributed by atoms with E-state index >= 15 is 0 Å². The molecule has 0 saturated carbocycles. The molecule has 0 aliphatic heterocycles. The van der Waals surface area contributed by atoms with E-state index in [1.807, 2.05) is 25.1 Å². The average molecular weight is 259 g/mol. The van der Waals surface area contributed by atoms with E-state index in [0.717, 1.165) is 17.1 Å². The van der Waals surface area contributed by atoms with Gasteiger partial charge in [0, 0.05) is 12.6 Å². The SMILES string of the molecule is COc1cc(C(=O)N(C)Cc2ccco2)ccc1C. The zero-order valence-corrected chi connectivity index (χ0v) is 11.3. The summed E-state index contributed by atoms with van der Waals surface area (Å²) < 4.78 is 10.5. The quantitative estimate of drug-likeness (QED) is 0.848. The number of amides is 1. The van der Waals surface area contributed by atoms with Gasteiger partial charge in [-0.3, -0.25) is 4.79 Å². The Morgan fingerprint density at radius 3 is 2.79 bits per heavy atom. The van der Waals surface area contributed by atoms with Crippen LogP contribution in [0.25, 0.3) is 0 Å². The number of rotatable bonds is 4. The van der Waals surface area contributed by atoms with Gasteiger partial charge in [-0.2, -0.15) is 0 Å². The molecule has 1 amide bonds. The van der Waals surface area contributed by atoms with Gasteiger partial charge in [0.05, 0.1) is 19.9 Å². The summed E-state index contributed by atoms with van der Waals surface area (Å²) in [5.41, 5.74) is 1.62. The highest BCUT2D eigenvalue weighted by atomic mass is 16.5. The van der Waals surface area contributed by atoms with Crippen molar-refractivity contribution in [2.75, 3.05) is 14.2 Å². The van der Waals surface area contributed by atoms with Crippen molar-refractivity contribution in [2.24, 2.45) is 0 Å². The fourth-order valence-electron chi connectivity index (χ4n) is 1.88. The Hall–Kier alpha value is -2.23. The van der Waals surface area contributed by atoms with Crippen LogP contribution in [0.2, 0.25) is 0 Å². The van der Waals surface area contributed by atoms with Crippen LogP contribution in [0.4, 0.5) is 0 Å². The molecule has 4 heteroatoms. The van der Waals surface area contributed by atoms with Crippen molar-refractivity contribution in [1.82, 2.24) is 4.90 Å². The first-order valence-corrected chi connectivity index (χ1v) is 6.04. The lowest BCUT2D eigenvalue weighted by Crippen LogP contribution is -2.26. The molecule has 1 heterocycles. The zero-order valence-electron chi connectivity index (χ0n) is 11.3. The number of furan rings is 1. The first-order valence-electron chi connectivity index (χ1n) is 6.04. The highest BCUT2D eigenvalue weighted by Gasteiger charge is 2.14. The lowest BCUT2D eigenvalue weighted by Gasteiger charge is -2.16. The van der Waals surface area contributed by atoms with E-state index in [4.69, 9.17) is 9.15 Å². The van der Waals surface area contributed by atoms with E-state index in [0.29, 0.717) is 12.1 Å². The largest absolute Gasteiger partial charge is 0.496 e. The van der Waals surface area contributed by atoms with Crippen LogP contribution in [0.5, 0.6) is 5.75 Å². The maximum Gasteiger partial charge on any atom is 0.254 e. The van der Waals surface area contributed by atoms with E-state index in [2.05, 4.69) is 0 Å². The Labute approximate surface area is 112 Å². The third-order valence-electron chi connectivity index (χ3n) is 2.97. The molecule has 0 aliphatic rings. The summed E-state index contributed by atoms with van der Waals surface area (Å²) in [5.74, 6) is 1.42. The van der Waals surface area contributed by atoms with Crippen molar-refractivity contribution in [3.8, 4) is 5.75 Å². The topological polar surface area (TPSA) is 42.7 Å². The molecule has 19 heavy (non-hydrogen) atoms. The molecular weight excluding hydrogens is 242 g/mol. The molecule has 0 aliphatic carbocycles. The molecule has 0 saturated heterocycles. The van der Waals surface area contributed by atoms with E-state index in [1.54, 1.807) is 37.5 Å². The molecule has 2 aromatic rings. The third-order valence-corrected chi connectivity index (χ3v) is 2.97. The number of ether oxygens (including phenoxy) is 1. The second-order valence-corrected chi connectivity index (χ2v) is 4.42. The van der Waals surface area contributed by atoms with Crippen LogP contribution >= 0.6 is 0 Å². The number of benzene rings is 1. The predicted octanol–water partition coefficient (Wildman–Crippen LogP) is 2.87. The third kappa shape index (κ3) is 2.96. The summed E-state index contributed by atoms with van der Waals surface area (Å²) in [5, 5.41) is 0. The van der Waals surface area contributed by atoms with Gasteiger partial charge in [0.25, 0.3) is 5.91 Å². The summed E-state index contributed by atoms with van der Waals surface area (Å²) >= 11 is 0. The molecule has 0 atom stereocenters. The number of aryl methyl sites for hydroxylation is 1. The van der Waals surface area contributed by atoms with Gasteiger partial charge in [-0.05, 0) is 36.8 Å². The molecule has 0 bridgehead atoms. The molecule has 100 valence electrons. The first-order chi connectivity index (χ1) is 9.11. The van der Waals surface area contributed by atoms with Gasteiger partial charge in [-0.25, -0.2) is 0 Å². The zero-order chi connectivity index (χ0) is 13.8. The second kappa shape index (κ2) is 5.61. The molecule has 0 N–H and O–H groups in total. The number of carbonyl (C=O) groups excluding carboxylic acids is 1. The number of hydrogen-bond acceptors (Lipinski definition) is 3. The van der Waals surface area contributed by atoms with Gasteiger partial charge < -0.3 is 14.1 Å². The number of hydrogen-bond donors (Lipinski definition) is 0. The summed E-state index contributed by atoms with van der Waals surface area (Å²) in [7, 11) is 3.35. The van der Waals surface area contributed by atoms with Crippen molar-refractivity contribution in [3.05, 3.63) is 53.5 Å². The van der Waals surface area contributed by atoms with Crippen LogP contribution in [-0.2, 0) is 6.54 Å². The number of methoxy groups -OCH3 is 1. The highest BCUT2D eigenvalue weighted by Crippen LogP contribution is 2.20. The summed E-state index contributed by atoms with van der Waals surface area (Å²) in [6.45, 7) is 2.39. The molecule has 0 fully saturated rings. The Morgan fingerprint density at radius 1 is 1.37 bits per heavy atom. The van der Waals surface area contributed by atoms with Gasteiger partial charge in [0.15, 0.2) is 0 Å². The van der Waals surface area contributed by atoms with Crippen LogP contribution in [0.3, 0.4) is 0 Å². The van der Waals surface area contributed by atoms with Crippen molar-refractivity contribution < 1.29 is 13.9 Å². The van der Waals surface area contributed by atoms with Gasteiger partial charge in [0.1, 0.15) is 11.5 Å². The maximum absolute atomic E-state index is 12.3. The van der Waals surface area contributed by atoms with Gasteiger partial charge >= 0.3 is 0 Å². The lowest BCUT2D eigenvalue weighted by atomic mass is 10.1. The Balaban J connectivity index is 2.14. The predicted molar refractivity (Wildman–Crippen MR) is 72.2 cm³/mol. The van der Waals surface area contributed by atoms with E-state index in [-0.39, 0.29) is 5.91 Å². The van der Waals surface area contributed by atoms with Crippen LogP contribution in [0.15, 0.2) is 41.0 Å². The summed E-state index contributed by atoms with van der Waals surface area (Å²) in [6.07, 6.45) is 1.60. The van der Waals surface area contributed by atoms with Gasteiger partial charge in [-0.1, -0.05) is 6.07 Å². The molecule has 0 spiro atoms. The van der Waals surface area contributed by atoms with Crippen molar-refractivity contribution >= 4 is 5.91 Å². The fraction of sp³-hybridized carbons (Fsp3) is 0.267. The van der Waals surface area contributed by atoms with Gasteiger partial charge in [0.2, 0.25) is 0 Å². The summed E-state index contributed by atoms with van der Waals surface area (Å²) in [6, 6.07) is 9.10. The minimum atomic E-state index is -0.0605. The monoisotopic (exact) mass is 259 g/mol. The minimum absolute atomic E-state index is 0.0605. The van der Waals surface area contributed by atoms with Crippen molar-refractivity contribution in [3.63, 3.8) is 0 Å².